The lowest BCUT2D eigenvalue weighted by molar-refractivity contribution is -0.870. The van der Waals surface area contributed by atoms with Gasteiger partial charge in [-0.25, -0.2) is 0 Å². The number of hydrogen-bond donors (Lipinski definition) is 0. The minimum Gasteiger partial charge on any atom is -0.756 e. The molecule has 0 amide bonds. The third-order valence-corrected chi connectivity index (χ3v) is 18.7. The Morgan fingerprint density at radius 2 is 0.529 bits per heavy atom. The SMILES string of the molecule is CC/C=C\C/C=C\C/C=C\C/C=C\C/C=C\C/C=C\C/C=C\CCCCCCCCCCCCCCCCCCCCCC(=O)OC(COC(=O)CCCCCCCCCCCCCCCCC/C=C\C/C=C\C/C=C\C/C=C\C/C=C\C/C=C\C/C=C\CC)COP(=O)([O-])OCC[N+](C)(C)C. The molecule has 0 N–H and O–H groups in total. The Morgan fingerprint density at radius 3 is 0.784 bits per heavy atom. The molecule has 0 radical (unpaired) electrons. The van der Waals surface area contributed by atoms with E-state index in [4.69, 9.17) is 18.5 Å². The zero-order valence-corrected chi connectivity index (χ0v) is 67.4. The van der Waals surface area contributed by atoms with Crippen LogP contribution in [-0.2, 0) is 32.7 Å². The number of likely N-dealkylation sites (N-methyl/N-ethyl adjacent to an activating group) is 1. The van der Waals surface area contributed by atoms with Crippen molar-refractivity contribution in [2.75, 3.05) is 47.5 Å². The molecule has 0 rings (SSSR count). The second-order valence-electron chi connectivity index (χ2n) is 28.7. The molecule has 10 heteroatoms. The van der Waals surface area contributed by atoms with E-state index in [2.05, 4.69) is 184 Å². The predicted molar refractivity (Wildman–Crippen MR) is 443 cm³/mol. The molecule has 0 spiro atoms. The van der Waals surface area contributed by atoms with Crippen LogP contribution in [0.25, 0.3) is 0 Å². The standard InChI is InChI=1S/C92H156NO8P/c1-6-8-10-12-14-16-18-20-22-24-26-28-30-32-34-36-38-40-42-44-45-46-47-49-51-53-55-57-59-61-63-65-67-69-71-73-75-77-79-81-83-85-92(95)101-90(89-100-102(96,97)99-87-86-93(3,4)5)88-98-91(94)84-82-80-78-76-74-72-70-68-66-64-62-60-58-56-54-52-50-48-43-41-39-37-35-33-31-29-27-25-23-21-19-17-15-13-11-9-7-2/h8-11,14-17,20-23,26-29,32-35,38-41,44-45,48,50,90H,6-7,12-13,18-19,24-25,30-31,36-37,42-43,46-47,49,51-89H2,1-5H3/b10-8-,11-9-,16-14-,17-15-,22-20-,23-21-,28-26-,29-27-,34-32-,35-33-,40-38-,41-39-,45-44-,50-48-. The molecule has 102 heavy (non-hydrogen) atoms. The number of quaternary nitrogens is 1. The molecule has 0 aliphatic carbocycles. The van der Waals surface area contributed by atoms with Crippen molar-refractivity contribution in [2.45, 2.75) is 354 Å². The van der Waals surface area contributed by atoms with E-state index >= 15 is 0 Å². The van der Waals surface area contributed by atoms with Crippen LogP contribution in [0.3, 0.4) is 0 Å². The van der Waals surface area contributed by atoms with Gasteiger partial charge in [-0.2, -0.15) is 0 Å². The van der Waals surface area contributed by atoms with Gasteiger partial charge < -0.3 is 27.9 Å². The van der Waals surface area contributed by atoms with Crippen molar-refractivity contribution >= 4 is 19.8 Å². The number of allylic oxidation sites excluding steroid dienone is 28. The zero-order chi connectivity index (χ0) is 74.0. The van der Waals surface area contributed by atoms with Gasteiger partial charge in [0.05, 0.1) is 27.7 Å². The molecule has 0 saturated carbocycles. The van der Waals surface area contributed by atoms with Crippen LogP contribution < -0.4 is 4.89 Å². The van der Waals surface area contributed by atoms with E-state index < -0.39 is 26.5 Å². The van der Waals surface area contributed by atoms with Gasteiger partial charge in [0.25, 0.3) is 7.82 Å². The molecule has 0 aliphatic heterocycles. The van der Waals surface area contributed by atoms with Crippen molar-refractivity contribution < 1.29 is 42.1 Å². The van der Waals surface area contributed by atoms with Crippen molar-refractivity contribution in [3.8, 4) is 0 Å². The Morgan fingerprint density at radius 1 is 0.304 bits per heavy atom. The Kier molecular flexibility index (Phi) is 76.8. The van der Waals surface area contributed by atoms with Crippen molar-refractivity contribution in [3.05, 3.63) is 170 Å². The second-order valence-corrected chi connectivity index (χ2v) is 30.1. The molecule has 582 valence electrons. The van der Waals surface area contributed by atoms with Crippen molar-refractivity contribution in [3.63, 3.8) is 0 Å². The van der Waals surface area contributed by atoms with Crippen LogP contribution in [0.2, 0.25) is 0 Å². The molecule has 0 aromatic rings. The summed E-state index contributed by atoms with van der Waals surface area (Å²) < 4.78 is 34.5. The maximum atomic E-state index is 12.9. The Balaban J connectivity index is 3.97. The highest BCUT2D eigenvalue weighted by Crippen LogP contribution is 2.38. The van der Waals surface area contributed by atoms with E-state index in [0.29, 0.717) is 17.4 Å². The number of phosphoric acid groups is 1. The molecule has 0 fully saturated rings. The molecule has 0 aliphatic rings. The molecule has 0 bridgehead atoms. The summed E-state index contributed by atoms with van der Waals surface area (Å²) >= 11 is 0. The molecule has 0 aromatic carbocycles. The smallest absolute Gasteiger partial charge is 0.306 e. The van der Waals surface area contributed by atoms with Gasteiger partial charge >= 0.3 is 11.9 Å². The molecule has 0 saturated heterocycles. The van der Waals surface area contributed by atoms with Gasteiger partial charge in [-0.05, 0) is 128 Å². The van der Waals surface area contributed by atoms with E-state index in [9.17, 15) is 19.0 Å². The van der Waals surface area contributed by atoms with E-state index in [1.807, 2.05) is 21.1 Å². The van der Waals surface area contributed by atoms with Gasteiger partial charge in [0, 0.05) is 12.8 Å². The number of rotatable bonds is 76. The highest BCUT2D eigenvalue weighted by molar-refractivity contribution is 7.45. The van der Waals surface area contributed by atoms with Crippen LogP contribution in [-0.4, -0.2) is 70.0 Å². The summed E-state index contributed by atoms with van der Waals surface area (Å²) in [7, 11) is 1.17. The Labute approximate surface area is 629 Å². The molecular weight excluding hydrogens is 1280 g/mol. The van der Waals surface area contributed by atoms with Crippen LogP contribution in [0.1, 0.15) is 348 Å². The summed E-state index contributed by atoms with van der Waals surface area (Å²) in [6.45, 7) is 4.04. The number of esters is 2. The van der Waals surface area contributed by atoms with Crippen molar-refractivity contribution in [2.24, 2.45) is 0 Å². The van der Waals surface area contributed by atoms with Gasteiger partial charge in [0.1, 0.15) is 19.8 Å². The van der Waals surface area contributed by atoms with Gasteiger partial charge in [-0.3, -0.25) is 14.2 Å². The van der Waals surface area contributed by atoms with Crippen LogP contribution in [0.15, 0.2) is 170 Å². The maximum absolute atomic E-state index is 12.9. The highest BCUT2D eigenvalue weighted by atomic mass is 31.2. The van der Waals surface area contributed by atoms with E-state index in [-0.39, 0.29) is 32.0 Å². The average Bonchev–Trinajstić information content (AvgIpc) is 0.916. The number of carbonyl (C=O) groups is 2. The molecule has 9 nitrogen and oxygen atoms in total. The van der Waals surface area contributed by atoms with Gasteiger partial charge in [0.2, 0.25) is 0 Å². The molecular formula is C92H156NO8P. The third kappa shape index (κ3) is 84.3. The molecule has 2 unspecified atom stereocenters. The van der Waals surface area contributed by atoms with E-state index in [1.54, 1.807) is 0 Å². The zero-order valence-electron chi connectivity index (χ0n) is 66.5. The third-order valence-electron chi connectivity index (χ3n) is 17.7. The minimum atomic E-state index is -4.65. The Bertz CT molecular complexity index is 2340. The fourth-order valence-corrected chi connectivity index (χ4v) is 12.2. The molecule has 2 atom stereocenters. The van der Waals surface area contributed by atoms with E-state index in [1.165, 1.54) is 186 Å². The normalized spacial score (nSPS) is 13.9. The Hall–Kier alpha value is -4.63. The first-order chi connectivity index (χ1) is 50.0. The fraction of sp³-hybridized carbons (Fsp3) is 0.674. The summed E-state index contributed by atoms with van der Waals surface area (Å²) in [5.41, 5.74) is 0. The maximum Gasteiger partial charge on any atom is 0.306 e. The topological polar surface area (TPSA) is 111 Å². The lowest BCUT2D eigenvalue weighted by Crippen LogP contribution is -2.37. The monoisotopic (exact) mass is 1430 g/mol. The minimum absolute atomic E-state index is 0.0350. The number of ether oxygens (including phenoxy) is 2. The van der Waals surface area contributed by atoms with Crippen LogP contribution >= 0.6 is 7.82 Å². The van der Waals surface area contributed by atoms with Gasteiger partial charge in [-0.1, -0.05) is 377 Å². The van der Waals surface area contributed by atoms with Gasteiger partial charge in [-0.15, -0.1) is 0 Å². The first-order valence-corrected chi connectivity index (χ1v) is 43.3. The van der Waals surface area contributed by atoms with Crippen molar-refractivity contribution in [1.82, 2.24) is 0 Å². The average molecular weight is 1440 g/mol. The predicted octanol–water partition coefficient (Wildman–Crippen LogP) is 27.8. The second kappa shape index (κ2) is 80.5. The quantitative estimate of drug-likeness (QED) is 0.0195. The summed E-state index contributed by atoms with van der Waals surface area (Å²) in [6.07, 6.45) is 122. The summed E-state index contributed by atoms with van der Waals surface area (Å²) in [5, 5.41) is 0. The lowest BCUT2D eigenvalue weighted by Gasteiger charge is -2.28. The van der Waals surface area contributed by atoms with Crippen LogP contribution in [0.4, 0.5) is 0 Å². The number of nitrogens with zero attached hydrogens (tertiary/aromatic N) is 1. The van der Waals surface area contributed by atoms with Crippen LogP contribution in [0.5, 0.6) is 0 Å². The molecule has 0 heterocycles. The number of hydrogen-bond acceptors (Lipinski definition) is 8. The number of phosphoric ester groups is 1. The number of unbranched alkanes of at least 4 members (excludes halogenated alkanes) is 34. The molecule has 0 aromatic heterocycles. The van der Waals surface area contributed by atoms with Crippen molar-refractivity contribution in [1.29, 1.82) is 0 Å². The van der Waals surface area contributed by atoms with Gasteiger partial charge in [0.15, 0.2) is 6.10 Å². The number of carbonyl (C=O) groups excluding carboxylic acids is 2. The summed E-state index contributed by atoms with van der Waals surface area (Å²) in [6, 6.07) is 0. The van der Waals surface area contributed by atoms with Crippen LogP contribution in [0, 0.1) is 0 Å². The van der Waals surface area contributed by atoms with E-state index in [0.717, 1.165) is 128 Å². The fourth-order valence-electron chi connectivity index (χ4n) is 11.4. The first kappa shape index (κ1) is 97.4. The highest BCUT2D eigenvalue weighted by Gasteiger charge is 2.22. The summed E-state index contributed by atoms with van der Waals surface area (Å²) in [5.74, 6) is -0.827. The lowest BCUT2D eigenvalue weighted by atomic mass is 10.0. The largest absolute Gasteiger partial charge is 0.756 e. The first-order valence-electron chi connectivity index (χ1n) is 41.8. The summed E-state index contributed by atoms with van der Waals surface area (Å²) in [4.78, 5) is 38.2.